The summed E-state index contributed by atoms with van der Waals surface area (Å²) in [6, 6.07) is 4.04. The molecule has 1 aliphatic carbocycles. The molecule has 0 bridgehead atoms. The van der Waals surface area contributed by atoms with Crippen LogP contribution in [0, 0.1) is 5.92 Å². The van der Waals surface area contributed by atoms with Crippen molar-refractivity contribution in [3.05, 3.63) is 40.3 Å². The van der Waals surface area contributed by atoms with E-state index in [0.717, 1.165) is 17.0 Å². The highest BCUT2D eigenvalue weighted by molar-refractivity contribution is 7.12. The van der Waals surface area contributed by atoms with Crippen LogP contribution in [0.15, 0.2) is 29.9 Å². The lowest BCUT2D eigenvalue weighted by atomic mass is 9.78. The number of carbonyl (C=O) groups is 1. The maximum atomic E-state index is 12.0. The summed E-state index contributed by atoms with van der Waals surface area (Å²) in [7, 11) is 1.43. The second-order valence-corrected chi connectivity index (χ2v) is 6.99. The lowest BCUT2D eigenvalue weighted by Crippen LogP contribution is -2.12. The van der Waals surface area contributed by atoms with Crippen molar-refractivity contribution in [3.8, 4) is 11.1 Å². The van der Waals surface area contributed by atoms with E-state index in [1.807, 2.05) is 29.9 Å². The van der Waals surface area contributed by atoms with Crippen LogP contribution in [-0.2, 0) is 4.74 Å². The molecule has 3 nitrogen and oxygen atoms in total. The predicted molar refractivity (Wildman–Crippen MR) is 89.3 cm³/mol. The Morgan fingerprint density at radius 1 is 1.23 bits per heavy atom. The van der Waals surface area contributed by atoms with Crippen molar-refractivity contribution in [1.29, 1.82) is 0 Å². The first-order valence-corrected chi connectivity index (χ1v) is 8.68. The lowest BCUT2D eigenvalue weighted by Gasteiger charge is -2.27. The molecule has 0 aliphatic heterocycles. The monoisotopic (exact) mass is 315 g/mol. The van der Waals surface area contributed by atoms with Gasteiger partial charge in [0.15, 0.2) is 0 Å². The third-order valence-corrected chi connectivity index (χ3v) is 5.53. The highest BCUT2D eigenvalue weighted by Crippen LogP contribution is 2.41. The zero-order valence-electron chi connectivity index (χ0n) is 13.0. The van der Waals surface area contributed by atoms with E-state index in [2.05, 4.69) is 11.9 Å². The molecule has 0 saturated heterocycles. The number of hydrogen-bond donors (Lipinski definition) is 0. The van der Waals surface area contributed by atoms with Gasteiger partial charge in [-0.05, 0) is 53.3 Å². The number of aromatic nitrogens is 1. The van der Waals surface area contributed by atoms with E-state index in [9.17, 15) is 4.79 Å². The summed E-state index contributed by atoms with van der Waals surface area (Å²) in [5.74, 6) is 1.11. The number of ether oxygens (including phenoxy) is 1. The van der Waals surface area contributed by atoms with Crippen molar-refractivity contribution in [2.45, 2.75) is 38.5 Å². The SMILES string of the molecule is COC(=O)c1sccc1-c1ccncc1C1CCC(C)CC1. The van der Waals surface area contributed by atoms with E-state index < -0.39 is 0 Å². The molecule has 1 saturated carbocycles. The van der Waals surface area contributed by atoms with Gasteiger partial charge in [-0.25, -0.2) is 4.79 Å². The van der Waals surface area contributed by atoms with Crippen LogP contribution in [0.1, 0.15) is 53.8 Å². The van der Waals surface area contributed by atoms with Crippen LogP contribution in [0.25, 0.3) is 11.1 Å². The fourth-order valence-electron chi connectivity index (χ4n) is 3.32. The Labute approximate surface area is 135 Å². The molecule has 2 heterocycles. The second-order valence-electron chi connectivity index (χ2n) is 6.07. The molecule has 22 heavy (non-hydrogen) atoms. The van der Waals surface area contributed by atoms with Crippen LogP contribution in [-0.4, -0.2) is 18.1 Å². The van der Waals surface area contributed by atoms with Gasteiger partial charge in [-0.3, -0.25) is 4.98 Å². The number of thiophene rings is 1. The molecular weight excluding hydrogens is 294 g/mol. The molecule has 0 amide bonds. The topological polar surface area (TPSA) is 39.2 Å². The number of methoxy groups -OCH3 is 1. The van der Waals surface area contributed by atoms with Crippen LogP contribution in [0.3, 0.4) is 0 Å². The van der Waals surface area contributed by atoms with Gasteiger partial charge in [-0.15, -0.1) is 11.3 Å². The molecule has 0 radical (unpaired) electrons. The van der Waals surface area contributed by atoms with E-state index in [1.54, 1.807) is 0 Å². The standard InChI is InChI=1S/C18H21NO2S/c1-12-3-5-13(6-4-12)16-11-19-9-7-14(16)15-8-10-22-17(15)18(20)21-2/h7-13H,3-6H2,1-2H3. The van der Waals surface area contributed by atoms with Crippen LogP contribution >= 0.6 is 11.3 Å². The Hall–Kier alpha value is -1.68. The molecule has 0 atom stereocenters. The summed E-state index contributed by atoms with van der Waals surface area (Å²) in [5.41, 5.74) is 3.39. The Morgan fingerprint density at radius 2 is 2.00 bits per heavy atom. The Morgan fingerprint density at radius 3 is 2.73 bits per heavy atom. The number of esters is 1. The summed E-state index contributed by atoms with van der Waals surface area (Å²) in [5, 5.41) is 1.95. The molecule has 4 heteroatoms. The first-order chi connectivity index (χ1) is 10.7. The second kappa shape index (κ2) is 6.61. The normalized spacial score (nSPS) is 21.5. The number of rotatable bonds is 3. The number of hydrogen-bond acceptors (Lipinski definition) is 4. The third kappa shape index (κ3) is 2.93. The number of pyridine rings is 1. The predicted octanol–water partition coefficient (Wildman–Crippen LogP) is 4.89. The molecule has 0 aromatic carbocycles. The van der Waals surface area contributed by atoms with E-state index in [0.29, 0.717) is 10.8 Å². The third-order valence-electron chi connectivity index (χ3n) is 4.63. The highest BCUT2D eigenvalue weighted by atomic mass is 32.1. The van der Waals surface area contributed by atoms with Crippen molar-refractivity contribution in [1.82, 2.24) is 4.98 Å². The minimum Gasteiger partial charge on any atom is -0.465 e. The van der Waals surface area contributed by atoms with Gasteiger partial charge in [0, 0.05) is 18.0 Å². The molecule has 1 aliphatic rings. The molecule has 0 spiro atoms. The zero-order valence-corrected chi connectivity index (χ0v) is 13.9. The summed E-state index contributed by atoms with van der Waals surface area (Å²) in [6.45, 7) is 2.33. The maximum absolute atomic E-state index is 12.0. The summed E-state index contributed by atoms with van der Waals surface area (Å²) < 4.78 is 4.91. The van der Waals surface area contributed by atoms with Crippen molar-refractivity contribution in [3.63, 3.8) is 0 Å². The molecular formula is C18H21NO2S. The van der Waals surface area contributed by atoms with Gasteiger partial charge in [-0.1, -0.05) is 19.8 Å². The van der Waals surface area contributed by atoms with Crippen molar-refractivity contribution in [2.24, 2.45) is 5.92 Å². The quantitative estimate of drug-likeness (QED) is 0.757. The van der Waals surface area contributed by atoms with Gasteiger partial charge in [0.05, 0.1) is 7.11 Å². The van der Waals surface area contributed by atoms with Crippen molar-refractivity contribution < 1.29 is 9.53 Å². The fraction of sp³-hybridized carbons (Fsp3) is 0.444. The average Bonchev–Trinajstić information content (AvgIpc) is 3.04. The minimum atomic E-state index is -0.259. The molecule has 3 rings (SSSR count). The number of carbonyl (C=O) groups excluding carboxylic acids is 1. The van der Waals surface area contributed by atoms with E-state index in [4.69, 9.17) is 4.74 Å². The Kier molecular flexibility index (Phi) is 4.57. The van der Waals surface area contributed by atoms with Gasteiger partial charge >= 0.3 is 5.97 Å². The van der Waals surface area contributed by atoms with Gasteiger partial charge in [0.25, 0.3) is 0 Å². The van der Waals surface area contributed by atoms with Crippen LogP contribution in [0.2, 0.25) is 0 Å². The lowest BCUT2D eigenvalue weighted by molar-refractivity contribution is 0.0607. The smallest absolute Gasteiger partial charge is 0.348 e. The van der Waals surface area contributed by atoms with E-state index in [-0.39, 0.29) is 5.97 Å². The highest BCUT2D eigenvalue weighted by Gasteiger charge is 2.24. The van der Waals surface area contributed by atoms with Crippen molar-refractivity contribution in [2.75, 3.05) is 7.11 Å². The van der Waals surface area contributed by atoms with Gasteiger partial charge < -0.3 is 4.74 Å². The average molecular weight is 315 g/mol. The Balaban J connectivity index is 1.98. The van der Waals surface area contributed by atoms with Gasteiger partial charge in [0.2, 0.25) is 0 Å². The molecule has 116 valence electrons. The molecule has 2 aromatic rings. The molecule has 0 unspecified atom stereocenters. The van der Waals surface area contributed by atoms with E-state index >= 15 is 0 Å². The van der Waals surface area contributed by atoms with Gasteiger partial charge in [0.1, 0.15) is 4.88 Å². The summed E-state index contributed by atoms with van der Waals surface area (Å²) in [4.78, 5) is 17.0. The van der Waals surface area contributed by atoms with Crippen LogP contribution in [0.5, 0.6) is 0 Å². The molecule has 0 N–H and O–H groups in total. The maximum Gasteiger partial charge on any atom is 0.348 e. The van der Waals surface area contributed by atoms with E-state index in [1.165, 1.54) is 49.7 Å². The number of nitrogens with zero attached hydrogens (tertiary/aromatic N) is 1. The van der Waals surface area contributed by atoms with Crippen LogP contribution in [0.4, 0.5) is 0 Å². The largest absolute Gasteiger partial charge is 0.465 e. The first kappa shape index (κ1) is 15.2. The van der Waals surface area contributed by atoms with Crippen LogP contribution < -0.4 is 0 Å². The van der Waals surface area contributed by atoms with Crippen molar-refractivity contribution >= 4 is 17.3 Å². The summed E-state index contributed by atoms with van der Waals surface area (Å²) >= 11 is 1.44. The minimum absolute atomic E-state index is 0.259. The summed E-state index contributed by atoms with van der Waals surface area (Å²) in [6.07, 6.45) is 8.74. The van der Waals surface area contributed by atoms with Gasteiger partial charge in [-0.2, -0.15) is 0 Å². The first-order valence-electron chi connectivity index (χ1n) is 7.80. The fourth-order valence-corrected chi connectivity index (χ4v) is 4.15. The Bertz CT molecular complexity index is 657. The molecule has 2 aromatic heterocycles. The molecule has 1 fully saturated rings. The zero-order chi connectivity index (χ0) is 15.5.